The summed E-state index contributed by atoms with van der Waals surface area (Å²) in [6.07, 6.45) is 7.93. The van der Waals surface area contributed by atoms with E-state index in [4.69, 9.17) is 4.74 Å². The first-order valence-corrected chi connectivity index (χ1v) is 15.2. The second kappa shape index (κ2) is 14.3. The Morgan fingerprint density at radius 2 is 1.31 bits per heavy atom. The van der Waals surface area contributed by atoms with Gasteiger partial charge in [-0.1, -0.05) is 107 Å². The van der Waals surface area contributed by atoms with Crippen molar-refractivity contribution in [2.45, 2.75) is 132 Å². The molecule has 0 aliphatic carbocycles. The molecule has 29 heavy (non-hydrogen) atoms. The topological polar surface area (TPSA) is 9.23 Å². The summed E-state index contributed by atoms with van der Waals surface area (Å²) in [6, 6.07) is 2.91. The normalized spacial score (nSPS) is 17.4. The third-order valence-corrected chi connectivity index (χ3v) is 10.9. The van der Waals surface area contributed by atoms with Crippen molar-refractivity contribution in [1.82, 2.24) is 0 Å². The van der Waals surface area contributed by atoms with Crippen LogP contribution in [0.4, 0.5) is 0 Å². The Morgan fingerprint density at radius 1 is 0.759 bits per heavy atom. The Hall–Kier alpha value is 0.177. The third-order valence-electron chi connectivity index (χ3n) is 6.86. The molecule has 0 spiro atoms. The van der Waals surface area contributed by atoms with Crippen molar-refractivity contribution in [2.24, 2.45) is 28.6 Å². The molecular weight excluding hydrogens is 368 g/mol. The molecule has 1 nitrogen and oxygen atoms in total. The van der Waals surface area contributed by atoms with Gasteiger partial charge in [-0.25, -0.2) is 0 Å². The highest BCUT2D eigenvalue weighted by molar-refractivity contribution is 6.60. The minimum Gasteiger partial charge on any atom is -0.381 e. The summed E-state index contributed by atoms with van der Waals surface area (Å²) in [5.74, 6) is 2.26. The fourth-order valence-corrected chi connectivity index (χ4v) is 8.28. The van der Waals surface area contributed by atoms with Gasteiger partial charge in [0.15, 0.2) is 0 Å². The standard InChI is InChI=1S/C27H58OSi/c1-12-29(13-2)24(5)15-14-18-28-21-25(23(4)20-27(9,10)11)17-16-22(3)19-26(6,7)8/h22-25,29H,12-21H2,1-11H3. The van der Waals surface area contributed by atoms with Crippen molar-refractivity contribution in [3.8, 4) is 0 Å². The lowest BCUT2D eigenvalue weighted by atomic mass is 9.76. The molecule has 0 aromatic heterocycles. The maximum Gasteiger partial charge on any atom is 0.0496 e. The van der Waals surface area contributed by atoms with E-state index in [9.17, 15) is 0 Å². The van der Waals surface area contributed by atoms with Gasteiger partial charge < -0.3 is 4.74 Å². The van der Waals surface area contributed by atoms with Crippen molar-refractivity contribution in [2.75, 3.05) is 13.2 Å². The molecule has 0 amide bonds. The molecule has 0 fully saturated rings. The van der Waals surface area contributed by atoms with Crippen LogP contribution in [0.1, 0.15) is 115 Å². The molecule has 176 valence electrons. The quantitative estimate of drug-likeness (QED) is 0.187. The lowest BCUT2D eigenvalue weighted by Crippen LogP contribution is -2.24. The number of rotatable bonds is 15. The maximum atomic E-state index is 6.28. The highest BCUT2D eigenvalue weighted by Gasteiger charge is 2.25. The van der Waals surface area contributed by atoms with Crippen LogP contribution in [-0.2, 0) is 4.74 Å². The van der Waals surface area contributed by atoms with Crippen molar-refractivity contribution in [3.63, 3.8) is 0 Å². The number of hydrogen-bond donors (Lipinski definition) is 0. The highest BCUT2D eigenvalue weighted by Crippen LogP contribution is 2.34. The van der Waals surface area contributed by atoms with Crippen LogP contribution in [0.15, 0.2) is 0 Å². The van der Waals surface area contributed by atoms with Gasteiger partial charge in [-0.15, -0.1) is 0 Å². The van der Waals surface area contributed by atoms with E-state index in [1.165, 1.54) is 50.6 Å². The van der Waals surface area contributed by atoms with Gasteiger partial charge in [-0.2, -0.15) is 0 Å². The van der Waals surface area contributed by atoms with E-state index in [0.717, 1.165) is 30.6 Å². The minimum atomic E-state index is -0.494. The van der Waals surface area contributed by atoms with Crippen LogP contribution in [0.3, 0.4) is 0 Å². The Labute approximate surface area is 187 Å². The first-order valence-electron chi connectivity index (χ1n) is 12.9. The lowest BCUT2D eigenvalue weighted by molar-refractivity contribution is 0.0606. The molecule has 0 heterocycles. The first-order chi connectivity index (χ1) is 13.3. The Morgan fingerprint density at radius 3 is 1.79 bits per heavy atom. The van der Waals surface area contributed by atoms with Crippen molar-refractivity contribution in [1.29, 1.82) is 0 Å². The second-order valence-electron chi connectivity index (χ2n) is 12.7. The van der Waals surface area contributed by atoms with Crippen molar-refractivity contribution >= 4 is 8.80 Å². The SMILES string of the molecule is CC[SiH](CC)C(C)CCCOCC(CCC(C)CC(C)(C)C)C(C)CC(C)(C)C. The largest absolute Gasteiger partial charge is 0.381 e. The van der Waals surface area contributed by atoms with Crippen LogP contribution >= 0.6 is 0 Å². The predicted molar refractivity (Wildman–Crippen MR) is 137 cm³/mol. The van der Waals surface area contributed by atoms with Gasteiger partial charge in [0.1, 0.15) is 0 Å². The van der Waals surface area contributed by atoms with Gasteiger partial charge in [0, 0.05) is 22.0 Å². The lowest BCUT2D eigenvalue weighted by Gasteiger charge is -2.31. The van der Waals surface area contributed by atoms with E-state index >= 15 is 0 Å². The molecule has 0 aliphatic heterocycles. The summed E-state index contributed by atoms with van der Waals surface area (Å²) in [5, 5.41) is 0. The predicted octanol–water partition coefficient (Wildman–Crippen LogP) is 8.98. The molecule has 0 aromatic carbocycles. The average molecular weight is 427 g/mol. The van der Waals surface area contributed by atoms with Gasteiger partial charge in [0.05, 0.1) is 0 Å². The van der Waals surface area contributed by atoms with Gasteiger partial charge in [0.2, 0.25) is 0 Å². The monoisotopic (exact) mass is 426 g/mol. The van der Waals surface area contributed by atoms with Crippen LogP contribution in [0.2, 0.25) is 17.6 Å². The first kappa shape index (κ1) is 29.2. The fourth-order valence-electron chi connectivity index (χ4n) is 5.38. The van der Waals surface area contributed by atoms with Crippen LogP contribution in [0.5, 0.6) is 0 Å². The van der Waals surface area contributed by atoms with Crippen LogP contribution in [0.25, 0.3) is 0 Å². The molecule has 2 heteroatoms. The summed E-state index contributed by atoms with van der Waals surface area (Å²) < 4.78 is 6.28. The van der Waals surface area contributed by atoms with E-state index in [1.807, 2.05) is 0 Å². The van der Waals surface area contributed by atoms with Gasteiger partial charge >= 0.3 is 0 Å². The summed E-state index contributed by atoms with van der Waals surface area (Å²) in [4.78, 5) is 0. The summed E-state index contributed by atoms with van der Waals surface area (Å²) in [6.45, 7) is 28.4. The van der Waals surface area contributed by atoms with E-state index in [2.05, 4.69) is 76.2 Å². The molecule has 0 rings (SSSR count). The molecule has 4 unspecified atom stereocenters. The molecule has 0 aliphatic rings. The Kier molecular flexibility index (Phi) is 14.4. The summed E-state index contributed by atoms with van der Waals surface area (Å²) >= 11 is 0. The number of ether oxygens (including phenoxy) is 1. The van der Waals surface area contributed by atoms with Gasteiger partial charge in [0.25, 0.3) is 0 Å². The van der Waals surface area contributed by atoms with Crippen LogP contribution in [0, 0.1) is 28.6 Å². The molecule has 0 radical (unpaired) electrons. The third kappa shape index (κ3) is 15.6. The fraction of sp³-hybridized carbons (Fsp3) is 1.00. The van der Waals surface area contributed by atoms with E-state index in [0.29, 0.717) is 16.7 Å². The molecule has 0 N–H and O–H groups in total. The van der Waals surface area contributed by atoms with Crippen LogP contribution in [-0.4, -0.2) is 22.0 Å². The minimum absolute atomic E-state index is 0.407. The smallest absolute Gasteiger partial charge is 0.0496 e. The van der Waals surface area contributed by atoms with Gasteiger partial charge in [-0.3, -0.25) is 0 Å². The van der Waals surface area contributed by atoms with Crippen molar-refractivity contribution in [3.05, 3.63) is 0 Å². The van der Waals surface area contributed by atoms with E-state index < -0.39 is 8.80 Å². The maximum absolute atomic E-state index is 6.28. The summed E-state index contributed by atoms with van der Waals surface area (Å²) in [7, 11) is -0.494. The molecule has 0 aromatic rings. The van der Waals surface area contributed by atoms with Gasteiger partial charge in [-0.05, 0) is 54.3 Å². The zero-order valence-corrected chi connectivity index (χ0v) is 23.5. The van der Waals surface area contributed by atoms with Crippen LogP contribution < -0.4 is 0 Å². The Balaban J connectivity index is 4.52. The van der Waals surface area contributed by atoms with Crippen molar-refractivity contribution < 1.29 is 4.74 Å². The Bertz CT molecular complexity index is 388. The average Bonchev–Trinajstić information content (AvgIpc) is 2.55. The molecule has 4 atom stereocenters. The summed E-state index contributed by atoms with van der Waals surface area (Å²) in [5.41, 5.74) is 1.82. The molecule has 0 bridgehead atoms. The van der Waals surface area contributed by atoms with E-state index in [-0.39, 0.29) is 0 Å². The zero-order chi connectivity index (χ0) is 22.7. The van der Waals surface area contributed by atoms with E-state index in [1.54, 1.807) is 0 Å². The molecular formula is C27H58OSi. The zero-order valence-electron chi connectivity index (χ0n) is 22.4. The molecule has 0 saturated carbocycles. The highest BCUT2D eigenvalue weighted by atomic mass is 28.3. The molecule has 0 saturated heterocycles. The number of hydrogen-bond acceptors (Lipinski definition) is 1. The second-order valence-corrected chi connectivity index (χ2v) is 17.0.